The molecule has 34 heavy (non-hydrogen) atoms. The highest BCUT2D eigenvalue weighted by Gasteiger charge is 2.14. The third-order valence-corrected chi connectivity index (χ3v) is 6.12. The van der Waals surface area contributed by atoms with Crippen molar-refractivity contribution in [1.82, 2.24) is 0 Å². The quantitative estimate of drug-likeness (QED) is 0.318. The van der Waals surface area contributed by atoms with Gasteiger partial charge in [0.2, 0.25) is 0 Å². The van der Waals surface area contributed by atoms with E-state index in [1.54, 1.807) is 0 Å². The fraction of sp³-hybridized carbons (Fsp3) is 0.250. The third kappa shape index (κ3) is 5.88. The highest BCUT2D eigenvalue weighted by molar-refractivity contribution is 5.78. The van der Waals surface area contributed by atoms with Crippen LogP contribution >= 0.6 is 0 Å². The van der Waals surface area contributed by atoms with Crippen molar-refractivity contribution in [3.05, 3.63) is 108 Å². The van der Waals surface area contributed by atoms with E-state index in [2.05, 4.69) is 149 Å². The molecule has 2 heteroatoms. The van der Waals surface area contributed by atoms with Crippen molar-refractivity contribution >= 4 is 22.7 Å². The SMILES string of the molecule is CC(C)(C)c1ccc(Nc2cc(Nc3ccc(C(C)(C)C)cc3)cc(-c3ccccc3)c2)cc1. The third-order valence-electron chi connectivity index (χ3n) is 6.12. The molecule has 0 aliphatic heterocycles. The van der Waals surface area contributed by atoms with Gasteiger partial charge in [0.15, 0.2) is 0 Å². The fourth-order valence-corrected chi connectivity index (χ4v) is 4.01. The zero-order valence-corrected chi connectivity index (χ0v) is 21.2. The van der Waals surface area contributed by atoms with E-state index in [-0.39, 0.29) is 10.8 Å². The Morgan fingerprint density at radius 1 is 0.412 bits per heavy atom. The van der Waals surface area contributed by atoms with Gasteiger partial charge in [-0.05, 0) is 75.5 Å². The van der Waals surface area contributed by atoms with Crippen molar-refractivity contribution < 1.29 is 0 Å². The lowest BCUT2D eigenvalue weighted by Gasteiger charge is -2.20. The van der Waals surface area contributed by atoms with Crippen LogP contribution in [0, 0.1) is 0 Å². The Labute approximate surface area is 205 Å². The van der Waals surface area contributed by atoms with Crippen LogP contribution in [0.4, 0.5) is 22.7 Å². The molecule has 0 saturated heterocycles. The predicted molar refractivity (Wildman–Crippen MR) is 149 cm³/mol. The smallest absolute Gasteiger partial charge is 0.0411 e. The maximum Gasteiger partial charge on any atom is 0.0411 e. The molecule has 0 aliphatic rings. The van der Waals surface area contributed by atoms with E-state index in [0.717, 1.165) is 22.7 Å². The minimum atomic E-state index is 0.144. The van der Waals surface area contributed by atoms with Crippen LogP contribution in [-0.4, -0.2) is 0 Å². The van der Waals surface area contributed by atoms with Gasteiger partial charge in [-0.15, -0.1) is 0 Å². The van der Waals surface area contributed by atoms with Crippen LogP contribution in [0.15, 0.2) is 97.1 Å². The lowest BCUT2D eigenvalue weighted by Crippen LogP contribution is -2.10. The number of hydrogen-bond donors (Lipinski definition) is 2. The van der Waals surface area contributed by atoms with E-state index in [9.17, 15) is 0 Å². The van der Waals surface area contributed by atoms with E-state index in [0.29, 0.717) is 0 Å². The van der Waals surface area contributed by atoms with Gasteiger partial charge in [-0.1, -0.05) is 96.1 Å². The minimum Gasteiger partial charge on any atom is -0.355 e. The highest BCUT2D eigenvalue weighted by Crippen LogP contribution is 2.32. The molecule has 0 fully saturated rings. The predicted octanol–water partition coefficient (Wildman–Crippen LogP) is 9.44. The van der Waals surface area contributed by atoms with E-state index in [4.69, 9.17) is 0 Å². The van der Waals surface area contributed by atoms with Gasteiger partial charge in [0.05, 0.1) is 0 Å². The molecule has 4 rings (SSSR count). The first-order valence-electron chi connectivity index (χ1n) is 12.0. The summed E-state index contributed by atoms with van der Waals surface area (Å²) < 4.78 is 0. The van der Waals surface area contributed by atoms with Gasteiger partial charge in [-0.2, -0.15) is 0 Å². The van der Waals surface area contributed by atoms with Crippen LogP contribution in [0.5, 0.6) is 0 Å². The average molecular weight is 449 g/mol. The molecule has 0 atom stereocenters. The summed E-state index contributed by atoms with van der Waals surface area (Å²) in [5, 5.41) is 7.22. The molecule has 2 N–H and O–H groups in total. The largest absolute Gasteiger partial charge is 0.355 e. The van der Waals surface area contributed by atoms with Crippen LogP contribution in [0.3, 0.4) is 0 Å². The molecule has 0 radical (unpaired) electrons. The maximum absolute atomic E-state index is 3.61. The Morgan fingerprint density at radius 3 is 1.21 bits per heavy atom. The molecule has 4 aromatic rings. The number of anilines is 4. The summed E-state index contributed by atoms with van der Waals surface area (Å²) in [5.41, 5.74) is 9.59. The fourth-order valence-electron chi connectivity index (χ4n) is 4.01. The Morgan fingerprint density at radius 2 is 0.824 bits per heavy atom. The molecule has 0 aromatic heterocycles. The van der Waals surface area contributed by atoms with Gasteiger partial charge >= 0.3 is 0 Å². The second-order valence-electron chi connectivity index (χ2n) is 11.1. The van der Waals surface area contributed by atoms with Crippen LogP contribution in [-0.2, 0) is 10.8 Å². The van der Waals surface area contributed by atoms with E-state index in [1.807, 2.05) is 0 Å². The second-order valence-corrected chi connectivity index (χ2v) is 11.1. The van der Waals surface area contributed by atoms with Gasteiger partial charge in [0.1, 0.15) is 0 Å². The zero-order chi connectivity index (χ0) is 24.3. The van der Waals surface area contributed by atoms with Gasteiger partial charge in [-0.3, -0.25) is 0 Å². The molecule has 0 aliphatic carbocycles. The van der Waals surface area contributed by atoms with Crippen molar-refractivity contribution in [2.75, 3.05) is 10.6 Å². The Kier molecular flexibility index (Phi) is 6.52. The molecule has 0 unspecified atom stereocenters. The number of hydrogen-bond acceptors (Lipinski definition) is 2. The molecule has 0 bridgehead atoms. The molecule has 0 amide bonds. The number of nitrogens with one attached hydrogen (secondary N) is 2. The minimum absolute atomic E-state index is 0.144. The topological polar surface area (TPSA) is 24.1 Å². The van der Waals surface area contributed by atoms with Gasteiger partial charge < -0.3 is 10.6 Å². The molecule has 0 heterocycles. The van der Waals surface area contributed by atoms with E-state index < -0.39 is 0 Å². The Hall–Kier alpha value is -3.52. The molecule has 0 spiro atoms. The summed E-state index contributed by atoms with van der Waals surface area (Å²) in [6.07, 6.45) is 0. The summed E-state index contributed by atoms with van der Waals surface area (Å²) in [7, 11) is 0. The summed E-state index contributed by atoms with van der Waals surface area (Å²) in [6.45, 7) is 13.4. The summed E-state index contributed by atoms with van der Waals surface area (Å²) >= 11 is 0. The van der Waals surface area contributed by atoms with Crippen molar-refractivity contribution in [3.8, 4) is 11.1 Å². The van der Waals surface area contributed by atoms with Crippen molar-refractivity contribution in [1.29, 1.82) is 0 Å². The monoisotopic (exact) mass is 448 g/mol. The van der Waals surface area contributed by atoms with Crippen LogP contribution in [0.1, 0.15) is 52.7 Å². The lowest BCUT2D eigenvalue weighted by atomic mass is 9.87. The van der Waals surface area contributed by atoms with Crippen molar-refractivity contribution in [2.45, 2.75) is 52.4 Å². The highest BCUT2D eigenvalue weighted by atomic mass is 14.9. The van der Waals surface area contributed by atoms with Gasteiger partial charge in [0.25, 0.3) is 0 Å². The van der Waals surface area contributed by atoms with E-state index >= 15 is 0 Å². The normalized spacial score (nSPS) is 11.8. The first-order chi connectivity index (χ1) is 16.1. The van der Waals surface area contributed by atoms with E-state index in [1.165, 1.54) is 22.3 Å². The first-order valence-corrected chi connectivity index (χ1v) is 12.0. The lowest BCUT2D eigenvalue weighted by molar-refractivity contribution is 0.590. The first kappa shape index (κ1) is 23.6. The number of rotatable bonds is 5. The second kappa shape index (κ2) is 9.38. The summed E-state index contributed by atoms with van der Waals surface area (Å²) in [6, 6.07) is 34.6. The van der Waals surface area contributed by atoms with Crippen molar-refractivity contribution in [2.24, 2.45) is 0 Å². The van der Waals surface area contributed by atoms with Gasteiger partial charge in [0, 0.05) is 22.7 Å². The van der Waals surface area contributed by atoms with Crippen LogP contribution in [0.2, 0.25) is 0 Å². The Balaban J connectivity index is 1.64. The molecular formula is C32H36N2. The summed E-state index contributed by atoms with van der Waals surface area (Å²) in [4.78, 5) is 0. The van der Waals surface area contributed by atoms with Crippen LogP contribution < -0.4 is 10.6 Å². The summed E-state index contributed by atoms with van der Waals surface area (Å²) in [5.74, 6) is 0. The Bertz CT molecular complexity index is 1150. The standard InChI is InChI=1S/C32H36N2/c1-31(2,3)25-12-16-27(17-13-25)33-29-20-24(23-10-8-7-9-11-23)21-30(22-29)34-28-18-14-26(15-19-28)32(4,5)6/h7-22,33-34H,1-6H3. The molecule has 4 aromatic carbocycles. The number of benzene rings is 4. The maximum atomic E-state index is 3.61. The average Bonchev–Trinajstić information content (AvgIpc) is 2.79. The molecule has 2 nitrogen and oxygen atoms in total. The molecular weight excluding hydrogens is 412 g/mol. The molecule has 174 valence electrons. The zero-order valence-electron chi connectivity index (χ0n) is 21.2. The van der Waals surface area contributed by atoms with Crippen LogP contribution in [0.25, 0.3) is 11.1 Å². The van der Waals surface area contributed by atoms with Gasteiger partial charge in [-0.25, -0.2) is 0 Å². The van der Waals surface area contributed by atoms with Crippen molar-refractivity contribution in [3.63, 3.8) is 0 Å². The molecule has 0 saturated carbocycles.